The average Bonchev–Trinajstić information content (AvgIpc) is 2.46. The quantitative estimate of drug-likeness (QED) is 0.857. The van der Waals surface area contributed by atoms with Gasteiger partial charge in [-0.2, -0.15) is 0 Å². The van der Waals surface area contributed by atoms with Gasteiger partial charge >= 0.3 is 0 Å². The largest absolute Gasteiger partial charge is 0.293 e. The van der Waals surface area contributed by atoms with E-state index in [0.717, 1.165) is 12.1 Å². The fourth-order valence-corrected chi connectivity index (χ4v) is 2.62. The van der Waals surface area contributed by atoms with Gasteiger partial charge in [0, 0.05) is 5.56 Å². The molecule has 4 nitrogen and oxygen atoms in total. The Morgan fingerprint density at radius 3 is 2.40 bits per heavy atom. The van der Waals surface area contributed by atoms with Crippen LogP contribution in [0.5, 0.6) is 0 Å². The Kier molecular flexibility index (Phi) is 4.26. The molecule has 2 aromatic rings. The molecule has 6 heteroatoms. The Balaban J connectivity index is 2.09. The molecule has 20 heavy (non-hydrogen) atoms. The summed E-state index contributed by atoms with van der Waals surface area (Å²) in [5.41, 5.74) is 0.412. The average molecular weight is 293 g/mol. The maximum atomic E-state index is 13.0. The van der Waals surface area contributed by atoms with E-state index in [4.69, 9.17) is 0 Å². The maximum Gasteiger partial charge on any atom is 0.241 e. The van der Waals surface area contributed by atoms with E-state index in [-0.39, 0.29) is 17.2 Å². The van der Waals surface area contributed by atoms with E-state index in [1.165, 1.54) is 12.1 Å². The first kappa shape index (κ1) is 14.4. The van der Waals surface area contributed by atoms with Crippen LogP contribution in [0.3, 0.4) is 0 Å². The zero-order chi connectivity index (χ0) is 14.6. The SMILES string of the molecule is O=C(CNS(=O)(=O)c1cccc(F)c1)c1ccccc1. The second-order valence-corrected chi connectivity index (χ2v) is 5.84. The highest BCUT2D eigenvalue weighted by Crippen LogP contribution is 2.10. The molecular formula is C14H12FNO3S. The van der Waals surface area contributed by atoms with Gasteiger partial charge in [0.2, 0.25) is 10.0 Å². The number of halogens is 1. The van der Waals surface area contributed by atoms with Gasteiger partial charge in [-0.25, -0.2) is 17.5 Å². The normalized spacial score (nSPS) is 11.2. The summed E-state index contributed by atoms with van der Waals surface area (Å²) >= 11 is 0. The number of benzene rings is 2. The van der Waals surface area contributed by atoms with Crippen LogP contribution in [0.25, 0.3) is 0 Å². The summed E-state index contributed by atoms with van der Waals surface area (Å²) in [6, 6.07) is 12.9. The van der Waals surface area contributed by atoms with Crippen molar-refractivity contribution in [3.05, 3.63) is 66.0 Å². The van der Waals surface area contributed by atoms with E-state index in [2.05, 4.69) is 4.72 Å². The molecule has 0 saturated carbocycles. The van der Waals surface area contributed by atoms with E-state index >= 15 is 0 Å². The van der Waals surface area contributed by atoms with Crippen molar-refractivity contribution in [1.82, 2.24) is 4.72 Å². The molecule has 0 aliphatic rings. The third kappa shape index (κ3) is 3.49. The van der Waals surface area contributed by atoms with Crippen LogP contribution in [0.15, 0.2) is 59.5 Å². The minimum absolute atomic E-state index is 0.210. The van der Waals surface area contributed by atoms with Crippen molar-refractivity contribution >= 4 is 15.8 Å². The van der Waals surface area contributed by atoms with Gasteiger partial charge in [0.15, 0.2) is 5.78 Å². The first-order chi connectivity index (χ1) is 9.49. The first-order valence-corrected chi connectivity index (χ1v) is 7.31. The zero-order valence-electron chi connectivity index (χ0n) is 10.4. The highest BCUT2D eigenvalue weighted by molar-refractivity contribution is 7.89. The second-order valence-electron chi connectivity index (χ2n) is 4.07. The zero-order valence-corrected chi connectivity index (χ0v) is 11.2. The molecule has 0 saturated heterocycles. The van der Waals surface area contributed by atoms with Crippen molar-refractivity contribution in [3.8, 4) is 0 Å². The monoisotopic (exact) mass is 293 g/mol. The molecule has 0 amide bonds. The minimum Gasteiger partial charge on any atom is -0.293 e. The predicted molar refractivity (Wildman–Crippen MR) is 72.4 cm³/mol. The summed E-state index contributed by atoms with van der Waals surface area (Å²) in [4.78, 5) is 11.6. The van der Waals surface area contributed by atoms with Gasteiger partial charge in [0.1, 0.15) is 5.82 Å². The lowest BCUT2D eigenvalue weighted by atomic mass is 10.1. The second kappa shape index (κ2) is 5.94. The van der Waals surface area contributed by atoms with Crippen LogP contribution in [0, 0.1) is 5.82 Å². The molecule has 0 radical (unpaired) electrons. The van der Waals surface area contributed by atoms with Crippen LogP contribution in [0.4, 0.5) is 4.39 Å². The van der Waals surface area contributed by atoms with E-state index < -0.39 is 15.8 Å². The van der Waals surface area contributed by atoms with Gasteiger partial charge < -0.3 is 0 Å². The van der Waals surface area contributed by atoms with Gasteiger partial charge in [0.05, 0.1) is 11.4 Å². The Morgan fingerprint density at radius 2 is 1.75 bits per heavy atom. The molecule has 0 fully saturated rings. The van der Waals surface area contributed by atoms with Crippen molar-refractivity contribution in [2.75, 3.05) is 6.54 Å². The van der Waals surface area contributed by atoms with Crippen LogP contribution in [0.2, 0.25) is 0 Å². The number of carbonyl (C=O) groups is 1. The van der Waals surface area contributed by atoms with Gasteiger partial charge in [-0.1, -0.05) is 36.4 Å². The molecule has 2 rings (SSSR count). The minimum atomic E-state index is -3.90. The van der Waals surface area contributed by atoms with Crippen molar-refractivity contribution < 1.29 is 17.6 Å². The number of ketones is 1. The molecule has 0 aromatic heterocycles. The van der Waals surface area contributed by atoms with Gasteiger partial charge in [-0.05, 0) is 18.2 Å². The van der Waals surface area contributed by atoms with Gasteiger partial charge in [-0.3, -0.25) is 4.79 Å². The molecule has 1 N–H and O–H groups in total. The Morgan fingerprint density at radius 1 is 1.05 bits per heavy atom. The highest BCUT2D eigenvalue weighted by Gasteiger charge is 2.16. The molecule has 0 spiro atoms. The molecular weight excluding hydrogens is 281 g/mol. The van der Waals surface area contributed by atoms with Crippen LogP contribution < -0.4 is 4.72 Å². The van der Waals surface area contributed by atoms with E-state index in [9.17, 15) is 17.6 Å². The van der Waals surface area contributed by atoms with Crippen LogP contribution in [-0.2, 0) is 10.0 Å². The first-order valence-electron chi connectivity index (χ1n) is 5.82. The van der Waals surface area contributed by atoms with Crippen LogP contribution >= 0.6 is 0 Å². The molecule has 0 aliphatic heterocycles. The standard InChI is InChI=1S/C14H12FNO3S/c15-12-7-4-8-13(9-12)20(18,19)16-10-14(17)11-5-2-1-3-6-11/h1-9,16H,10H2. The van der Waals surface area contributed by atoms with Crippen molar-refractivity contribution in [2.24, 2.45) is 0 Å². The van der Waals surface area contributed by atoms with Gasteiger partial charge in [0.25, 0.3) is 0 Å². The number of carbonyl (C=O) groups excluding carboxylic acids is 1. The van der Waals surface area contributed by atoms with E-state index in [1.54, 1.807) is 30.3 Å². The third-order valence-electron chi connectivity index (χ3n) is 2.62. The number of nitrogens with one attached hydrogen (secondary N) is 1. The summed E-state index contributed by atoms with van der Waals surface area (Å²) in [6.07, 6.45) is 0. The third-order valence-corrected chi connectivity index (χ3v) is 4.02. The van der Waals surface area contributed by atoms with E-state index in [1.807, 2.05) is 0 Å². The number of hydrogen-bond acceptors (Lipinski definition) is 3. The molecule has 0 atom stereocenters. The lowest BCUT2D eigenvalue weighted by molar-refractivity contribution is 0.0997. The lowest BCUT2D eigenvalue weighted by Crippen LogP contribution is -2.29. The summed E-state index contributed by atoms with van der Waals surface area (Å²) in [7, 11) is -3.90. The fraction of sp³-hybridized carbons (Fsp3) is 0.0714. The Hall–Kier alpha value is -2.05. The molecule has 2 aromatic carbocycles. The number of rotatable bonds is 5. The molecule has 0 unspecified atom stereocenters. The van der Waals surface area contributed by atoms with Crippen LogP contribution in [0.1, 0.15) is 10.4 Å². The Bertz CT molecular complexity index is 714. The van der Waals surface area contributed by atoms with E-state index in [0.29, 0.717) is 5.56 Å². The number of hydrogen-bond donors (Lipinski definition) is 1. The predicted octanol–water partition coefficient (Wildman–Crippen LogP) is 1.99. The Labute approximate surface area is 116 Å². The summed E-state index contributed by atoms with van der Waals surface area (Å²) in [6.45, 7) is -0.372. The highest BCUT2D eigenvalue weighted by atomic mass is 32.2. The summed E-state index contributed by atoms with van der Waals surface area (Å²) in [5.74, 6) is -1.01. The van der Waals surface area contributed by atoms with Crippen molar-refractivity contribution in [3.63, 3.8) is 0 Å². The van der Waals surface area contributed by atoms with Crippen molar-refractivity contribution in [1.29, 1.82) is 0 Å². The molecule has 0 heterocycles. The number of Topliss-reactive ketones (excluding diaryl/α,β-unsaturated/α-hetero) is 1. The van der Waals surface area contributed by atoms with Crippen LogP contribution in [-0.4, -0.2) is 20.7 Å². The van der Waals surface area contributed by atoms with Gasteiger partial charge in [-0.15, -0.1) is 0 Å². The fourth-order valence-electron chi connectivity index (χ4n) is 1.60. The lowest BCUT2D eigenvalue weighted by Gasteiger charge is -2.06. The summed E-state index contributed by atoms with van der Waals surface area (Å²) in [5, 5.41) is 0. The topological polar surface area (TPSA) is 63.2 Å². The van der Waals surface area contributed by atoms with Crippen molar-refractivity contribution in [2.45, 2.75) is 4.90 Å². The molecule has 0 aliphatic carbocycles. The smallest absolute Gasteiger partial charge is 0.241 e. The maximum absolute atomic E-state index is 13.0. The summed E-state index contributed by atoms with van der Waals surface area (Å²) < 4.78 is 38.9. The molecule has 0 bridgehead atoms. The molecule has 104 valence electrons. The number of sulfonamides is 1.